The topological polar surface area (TPSA) is 50.7 Å². The van der Waals surface area contributed by atoms with Gasteiger partial charge < -0.3 is 5.32 Å². The third kappa shape index (κ3) is 2.76. The third-order valence-corrected chi connectivity index (χ3v) is 3.26. The lowest BCUT2D eigenvalue weighted by atomic mass is 10.2. The summed E-state index contributed by atoms with van der Waals surface area (Å²) in [6, 6.07) is 1.99. The highest BCUT2D eigenvalue weighted by Gasteiger charge is 2.07. The highest BCUT2D eigenvalue weighted by Crippen LogP contribution is 2.17. The van der Waals surface area contributed by atoms with Crippen LogP contribution in [0.2, 0.25) is 0 Å². The smallest absolute Gasteiger partial charge is 0.148 e. The number of nitrogens with zero attached hydrogens (tertiary/aromatic N) is 3. The fourth-order valence-corrected chi connectivity index (χ4v) is 2.07. The second kappa shape index (κ2) is 5.03. The molecule has 1 unspecified atom stereocenters. The summed E-state index contributed by atoms with van der Waals surface area (Å²) in [7, 11) is 0. The molecule has 1 atom stereocenters. The maximum atomic E-state index is 4.29. The Morgan fingerprint density at radius 2 is 2.38 bits per heavy atom. The molecule has 2 heterocycles. The van der Waals surface area contributed by atoms with Crippen molar-refractivity contribution in [3.8, 4) is 0 Å². The van der Waals surface area contributed by atoms with Crippen LogP contribution in [-0.4, -0.2) is 21.7 Å². The van der Waals surface area contributed by atoms with Gasteiger partial charge >= 0.3 is 0 Å². The van der Waals surface area contributed by atoms with Crippen molar-refractivity contribution in [1.82, 2.24) is 15.2 Å². The highest BCUT2D eigenvalue weighted by molar-refractivity contribution is 7.09. The van der Waals surface area contributed by atoms with Crippen LogP contribution in [0.1, 0.15) is 23.4 Å². The predicted molar refractivity (Wildman–Crippen MR) is 65.8 cm³/mol. The third-order valence-electron chi connectivity index (χ3n) is 2.25. The van der Waals surface area contributed by atoms with E-state index in [0.717, 1.165) is 22.9 Å². The molecule has 0 amide bonds. The number of rotatable bonds is 4. The minimum absolute atomic E-state index is 0.391. The van der Waals surface area contributed by atoms with Crippen molar-refractivity contribution in [3.63, 3.8) is 0 Å². The van der Waals surface area contributed by atoms with Crippen LogP contribution in [-0.2, 0) is 0 Å². The normalized spacial score (nSPS) is 12.4. The minimum Gasteiger partial charge on any atom is -0.368 e. The van der Waals surface area contributed by atoms with Gasteiger partial charge in [-0.15, -0.1) is 16.4 Å². The molecule has 84 valence electrons. The van der Waals surface area contributed by atoms with Crippen LogP contribution in [0.5, 0.6) is 0 Å². The molecule has 5 heteroatoms. The molecule has 1 N–H and O–H groups in total. The molecule has 0 fully saturated rings. The number of aryl methyl sites for hydroxylation is 1. The number of hydrogen-bond donors (Lipinski definition) is 1. The van der Waals surface area contributed by atoms with E-state index in [1.165, 1.54) is 0 Å². The predicted octanol–water partition coefficient (Wildman–Crippen LogP) is 2.46. The second-order valence-electron chi connectivity index (χ2n) is 3.77. The SMILES string of the molecule is Cc1cnnc(NCC(C)c2nccs2)c1. The fourth-order valence-electron chi connectivity index (χ4n) is 1.37. The van der Waals surface area contributed by atoms with E-state index in [9.17, 15) is 0 Å². The maximum Gasteiger partial charge on any atom is 0.148 e. The van der Waals surface area contributed by atoms with E-state index in [-0.39, 0.29) is 0 Å². The molecule has 0 aromatic carbocycles. The second-order valence-corrected chi connectivity index (χ2v) is 4.70. The molecule has 0 radical (unpaired) electrons. The van der Waals surface area contributed by atoms with Crippen LogP contribution in [0, 0.1) is 6.92 Å². The standard InChI is InChI=1S/C11H14N4S/c1-8-5-10(15-14-6-8)13-7-9(2)11-12-3-4-16-11/h3-6,9H,7H2,1-2H3,(H,13,15). The average molecular weight is 234 g/mol. The molecule has 2 aromatic heterocycles. The van der Waals surface area contributed by atoms with Crippen molar-refractivity contribution in [2.45, 2.75) is 19.8 Å². The summed E-state index contributed by atoms with van der Waals surface area (Å²) < 4.78 is 0. The Morgan fingerprint density at radius 1 is 1.50 bits per heavy atom. The first kappa shape index (κ1) is 11.0. The molecule has 0 saturated carbocycles. The minimum atomic E-state index is 0.391. The Labute approximate surface area is 98.8 Å². The van der Waals surface area contributed by atoms with Gasteiger partial charge in [0.1, 0.15) is 5.82 Å². The Hall–Kier alpha value is -1.49. The lowest BCUT2D eigenvalue weighted by molar-refractivity contribution is 0.788. The molecule has 2 rings (SSSR count). The Morgan fingerprint density at radius 3 is 3.06 bits per heavy atom. The largest absolute Gasteiger partial charge is 0.368 e. The van der Waals surface area contributed by atoms with Crippen molar-refractivity contribution in [2.24, 2.45) is 0 Å². The molecule has 4 nitrogen and oxygen atoms in total. The summed E-state index contributed by atoms with van der Waals surface area (Å²) >= 11 is 1.68. The number of nitrogens with one attached hydrogen (secondary N) is 1. The molecular weight excluding hydrogens is 220 g/mol. The summed E-state index contributed by atoms with van der Waals surface area (Å²) in [4.78, 5) is 4.29. The van der Waals surface area contributed by atoms with E-state index in [2.05, 4.69) is 27.4 Å². The van der Waals surface area contributed by atoms with Gasteiger partial charge in [-0.1, -0.05) is 6.92 Å². The lowest BCUT2D eigenvalue weighted by Gasteiger charge is -2.10. The van der Waals surface area contributed by atoms with Crippen molar-refractivity contribution in [2.75, 3.05) is 11.9 Å². The Kier molecular flexibility index (Phi) is 3.46. The zero-order chi connectivity index (χ0) is 11.4. The van der Waals surface area contributed by atoms with E-state index in [1.54, 1.807) is 17.5 Å². The number of thiazole rings is 1. The van der Waals surface area contributed by atoms with Gasteiger partial charge in [0.25, 0.3) is 0 Å². The molecule has 0 saturated heterocycles. The average Bonchev–Trinajstić information content (AvgIpc) is 2.79. The van der Waals surface area contributed by atoms with Gasteiger partial charge in [-0.25, -0.2) is 4.98 Å². The van der Waals surface area contributed by atoms with E-state index in [4.69, 9.17) is 0 Å². The van der Waals surface area contributed by atoms with E-state index in [1.807, 2.05) is 24.6 Å². The number of hydrogen-bond acceptors (Lipinski definition) is 5. The molecule has 2 aromatic rings. The van der Waals surface area contributed by atoms with Crippen molar-refractivity contribution in [3.05, 3.63) is 34.4 Å². The van der Waals surface area contributed by atoms with Crippen molar-refractivity contribution >= 4 is 17.2 Å². The molecule has 0 aliphatic rings. The van der Waals surface area contributed by atoms with Gasteiger partial charge in [-0.05, 0) is 18.6 Å². The summed E-state index contributed by atoms with van der Waals surface area (Å²) in [5, 5.41) is 14.3. The van der Waals surface area contributed by atoms with Crippen LogP contribution in [0.4, 0.5) is 5.82 Å². The summed E-state index contributed by atoms with van der Waals surface area (Å²) in [6.45, 7) is 4.98. The van der Waals surface area contributed by atoms with Crippen molar-refractivity contribution < 1.29 is 0 Å². The molecule has 0 bridgehead atoms. The first-order chi connectivity index (χ1) is 7.75. The van der Waals surface area contributed by atoms with Crippen molar-refractivity contribution in [1.29, 1.82) is 0 Å². The Balaban J connectivity index is 1.92. The van der Waals surface area contributed by atoms with Crippen LogP contribution in [0.3, 0.4) is 0 Å². The van der Waals surface area contributed by atoms with Gasteiger partial charge in [0.15, 0.2) is 0 Å². The van der Waals surface area contributed by atoms with Gasteiger partial charge in [-0.3, -0.25) is 0 Å². The molecule has 0 aliphatic carbocycles. The zero-order valence-corrected chi connectivity index (χ0v) is 10.2. The van der Waals surface area contributed by atoms with E-state index < -0.39 is 0 Å². The first-order valence-corrected chi connectivity index (χ1v) is 6.06. The summed E-state index contributed by atoms with van der Waals surface area (Å²) in [6.07, 6.45) is 3.58. The van der Waals surface area contributed by atoms with Gasteiger partial charge in [-0.2, -0.15) is 5.10 Å². The Bertz CT molecular complexity index is 441. The fraction of sp³-hybridized carbons (Fsp3) is 0.364. The summed E-state index contributed by atoms with van der Waals surface area (Å²) in [5.74, 6) is 1.21. The monoisotopic (exact) mass is 234 g/mol. The van der Waals surface area contributed by atoms with E-state index >= 15 is 0 Å². The van der Waals surface area contributed by atoms with Crippen LogP contribution < -0.4 is 5.32 Å². The van der Waals surface area contributed by atoms with Crippen LogP contribution in [0.25, 0.3) is 0 Å². The van der Waals surface area contributed by atoms with E-state index in [0.29, 0.717) is 5.92 Å². The molecule has 0 spiro atoms. The highest BCUT2D eigenvalue weighted by atomic mass is 32.1. The summed E-state index contributed by atoms with van der Waals surface area (Å²) in [5.41, 5.74) is 1.11. The zero-order valence-electron chi connectivity index (χ0n) is 9.34. The number of anilines is 1. The molecule has 0 aliphatic heterocycles. The van der Waals surface area contributed by atoms with Crippen LogP contribution >= 0.6 is 11.3 Å². The lowest BCUT2D eigenvalue weighted by Crippen LogP contribution is -2.11. The van der Waals surface area contributed by atoms with Gasteiger partial charge in [0.05, 0.1) is 11.2 Å². The van der Waals surface area contributed by atoms with Gasteiger partial charge in [0, 0.05) is 24.0 Å². The quantitative estimate of drug-likeness (QED) is 0.883. The first-order valence-electron chi connectivity index (χ1n) is 5.18. The van der Waals surface area contributed by atoms with Gasteiger partial charge in [0.2, 0.25) is 0 Å². The van der Waals surface area contributed by atoms with Crippen LogP contribution in [0.15, 0.2) is 23.8 Å². The number of aromatic nitrogens is 3. The molecule has 16 heavy (non-hydrogen) atoms. The maximum absolute atomic E-state index is 4.29. The molecular formula is C11H14N4S.